The molecule has 3 saturated carbocycles. The molecule has 3 heteroatoms. The van der Waals surface area contributed by atoms with E-state index in [0.717, 1.165) is 38.3 Å². The van der Waals surface area contributed by atoms with Gasteiger partial charge in [0, 0.05) is 17.9 Å². The molecule has 4 aliphatic carbocycles. The molecular weight excluding hydrogens is 348 g/mol. The van der Waals surface area contributed by atoms with E-state index < -0.39 is 0 Å². The first-order chi connectivity index (χ1) is 13.2. The number of hydrogen-bond acceptors (Lipinski definition) is 3. The lowest BCUT2D eigenvalue weighted by Gasteiger charge is -2.69. The molecule has 0 amide bonds. The highest BCUT2D eigenvalue weighted by Crippen LogP contribution is 2.72. The number of rotatable bonds is 3. The van der Waals surface area contributed by atoms with E-state index in [1.807, 2.05) is 0 Å². The number of aliphatic hydroxyl groups excluding tert-OH is 1. The molecule has 156 valence electrons. The largest absolute Gasteiger partial charge is 0.396 e. The molecule has 0 aromatic rings. The molecule has 0 aliphatic heterocycles. The van der Waals surface area contributed by atoms with Crippen LogP contribution in [0, 0.1) is 45.3 Å². The van der Waals surface area contributed by atoms with Crippen LogP contribution in [0.15, 0.2) is 11.6 Å². The molecule has 0 aromatic carbocycles. The Balaban J connectivity index is 1.78. The molecule has 0 heterocycles. The molecule has 0 spiro atoms. The van der Waals surface area contributed by atoms with Crippen LogP contribution in [0.3, 0.4) is 0 Å². The van der Waals surface area contributed by atoms with Gasteiger partial charge >= 0.3 is 0 Å². The van der Waals surface area contributed by atoms with Crippen LogP contribution in [0.5, 0.6) is 0 Å². The summed E-state index contributed by atoms with van der Waals surface area (Å²) in [5.41, 5.74) is 1.02. The zero-order valence-electron chi connectivity index (χ0n) is 18.2. The van der Waals surface area contributed by atoms with Gasteiger partial charge in [-0.3, -0.25) is 4.79 Å². The second-order valence-electron chi connectivity index (χ2n) is 11.7. The average molecular weight is 387 g/mol. The molecule has 7 atom stereocenters. The Kier molecular flexibility index (Phi) is 4.73. The third kappa shape index (κ3) is 2.44. The van der Waals surface area contributed by atoms with Crippen molar-refractivity contribution in [2.24, 2.45) is 45.3 Å². The van der Waals surface area contributed by atoms with Gasteiger partial charge in [-0.2, -0.15) is 0 Å². The van der Waals surface area contributed by atoms with Gasteiger partial charge in [0.25, 0.3) is 0 Å². The van der Waals surface area contributed by atoms with E-state index in [9.17, 15) is 14.7 Å². The maximum Gasteiger partial charge on any atom is 0.146 e. The average Bonchev–Trinajstić information content (AvgIpc) is 2.65. The summed E-state index contributed by atoms with van der Waals surface area (Å²) in [5, 5.41) is 10.8. The Morgan fingerprint density at radius 2 is 1.64 bits per heavy atom. The van der Waals surface area contributed by atoms with Gasteiger partial charge in [-0.1, -0.05) is 40.2 Å². The zero-order chi connectivity index (χ0) is 20.4. The maximum atomic E-state index is 12.0. The van der Waals surface area contributed by atoms with Crippen LogP contribution in [-0.4, -0.2) is 24.3 Å². The summed E-state index contributed by atoms with van der Waals surface area (Å²) in [6.45, 7) is 9.85. The minimum absolute atomic E-state index is 0.0292. The fourth-order valence-electron chi connectivity index (χ4n) is 9.13. The van der Waals surface area contributed by atoms with Crippen molar-refractivity contribution in [3.05, 3.63) is 11.6 Å². The highest BCUT2D eigenvalue weighted by Gasteiger charge is 2.66. The number of carbonyl (C=O) groups is 2. The first-order valence-electron chi connectivity index (χ1n) is 11.4. The maximum absolute atomic E-state index is 12.0. The first-order valence-corrected chi connectivity index (χ1v) is 11.4. The minimum atomic E-state index is -0.271. The van der Waals surface area contributed by atoms with E-state index in [1.54, 1.807) is 0 Å². The normalized spacial score (nSPS) is 49.8. The van der Waals surface area contributed by atoms with Gasteiger partial charge in [-0.25, -0.2) is 0 Å². The van der Waals surface area contributed by atoms with Crippen LogP contribution in [0.4, 0.5) is 0 Å². The molecule has 4 aliphatic rings. The second kappa shape index (κ2) is 6.52. The SMILES string of the molecule is CC1(C)CCCC2(CO)C1CCC1(C)C3CC=C(C=O)C(C=O)C3(C)CCC12. The molecular formula is C25H38O3. The van der Waals surface area contributed by atoms with Crippen LogP contribution < -0.4 is 0 Å². The van der Waals surface area contributed by atoms with Crippen molar-refractivity contribution in [2.75, 3.05) is 6.61 Å². The first kappa shape index (κ1) is 20.3. The number of aldehydes is 2. The standard InChI is InChI=1S/C25H38O3/c1-22(2)10-5-11-25(16-28)19(22)8-13-24(4)20-7-6-17(14-26)18(15-27)23(20,3)12-9-21(24)25/h6,14-15,18-21,28H,5,7-13,16H2,1-4H3. The third-order valence-corrected chi connectivity index (χ3v) is 10.4. The van der Waals surface area contributed by atoms with E-state index in [4.69, 9.17) is 0 Å². The van der Waals surface area contributed by atoms with Crippen molar-refractivity contribution in [1.29, 1.82) is 0 Å². The summed E-state index contributed by atoms with van der Waals surface area (Å²) in [7, 11) is 0. The van der Waals surface area contributed by atoms with Gasteiger partial charge in [-0.15, -0.1) is 0 Å². The second-order valence-corrected chi connectivity index (χ2v) is 11.7. The fraction of sp³-hybridized carbons (Fsp3) is 0.840. The highest BCUT2D eigenvalue weighted by molar-refractivity contribution is 5.82. The summed E-state index contributed by atoms with van der Waals surface area (Å²) in [6, 6.07) is 0. The van der Waals surface area contributed by atoms with Crippen LogP contribution in [-0.2, 0) is 9.59 Å². The van der Waals surface area contributed by atoms with Crippen molar-refractivity contribution in [3.8, 4) is 0 Å². The number of fused-ring (bicyclic) bond motifs is 5. The predicted molar refractivity (Wildman–Crippen MR) is 111 cm³/mol. The molecule has 7 unspecified atom stereocenters. The molecule has 0 radical (unpaired) electrons. The lowest BCUT2D eigenvalue weighted by Crippen LogP contribution is -2.64. The molecule has 3 nitrogen and oxygen atoms in total. The number of hydrogen-bond donors (Lipinski definition) is 1. The summed E-state index contributed by atoms with van der Waals surface area (Å²) in [5.74, 6) is 1.24. The number of carbonyl (C=O) groups excluding carboxylic acids is 2. The lowest BCUT2D eigenvalue weighted by atomic mass is 9.35. The molecule has 4 rings (SSSR count). The predicted octanol–water partition coefficient (Wildman–Crippen LogP) is 4.97. The Bertz CT molecular complexity index is 694. The Labute approximate surface area is 170 Å². The molecule has 0 saturated heterocycles. The summed E-state index contributed by atoms with van der Waals surface area (Å²) in [4.78, 5) is 23.7. The zero-order valence-corrected chi connectivity index (χ0v) is 18.2. The highest BCUT2D eigenvalue weighted by atomic mass is 16.3. The van der Waals surface area contributed by atoms with E-state index in [2.05, 4.69) is 33.8 Å². The van der Waals surface area contributed by atoms with E-state index >= 15 is 0 Å². The quantitative estimate of drug-likeness (QED) is 0.697. The van der Waals surface area contributed by atoms with Gasteiger partial charge < -0.3 is 9.90 Å². The summed E-state index contributed by atoms with van der Waals surface area (Å²) < 4.78 is 0. The summed E-state index contributed by atoms with van der Waals surface area (Å²) in [6.07, 6.45) is 13.0. The number of allylic oxidation sites excluding steroid dienone is 2. The van der Waals surface area contributed by atoms with Crippen LogP contribution in [0.1, 0.15) is 79.1 Å². The minimum Gasteiger partial charge on any atom is -0.396 e. The van der Waals surface area contributed by atoms with Crippen molar-refractivity contribution in [2.45, 2.75) is 79.1 Å². The Hall–Kier alpha value is -0.960. The van der Waals surface area contributed by atoms with E-state index in [-0.39, 0.29) is 22.2 Å². The van der Waals surface area contributed by atoms with Gasteiger partial charge in [0.1, 0.15) is 12.6 Å². The summed E-state index contributed by atoms with van der Waals surface area (Å²) >= 11 is 0. The lowest BCUT2D eigenvalue weighted by molar-refractivity contribution is -0.216. The Morgan fingerprint density at radius 3 is 2.29 bits per heavy atom. The van der Waals surface area contributed by atoms with E-state index in [1.165, 1.54) is 25.7 Å². The van der Waals surface area contributed by atoms with Crippen molar-refractivity contribution < 1.29 is 14.7 Å². The molecule has 0 aromatic heterocycles. The van der Waals surface area contributed by atoms with Crippen LogP contribution >= 0.6 is 0 Å². The van der Waals surface area contributed by atoms with Crippen molar-refractivity contribution in [3.63, 3.8) is 0 Å². The smallest absolute Gasteiger partial charge is 0.146 e. The molecule has 0 bridgehead atoms. The topological polar surface area (TPSA) is 54.4 Å². The fourth-order valence-corrected chi connectivity index (χ4v) is 9.13. The monoisotopic (exact) mass is 386 g/mol. The van der Waals surface area contributed by atoms with Crippen molar-refractivity contribution >= 4 is 12.6 Å². The van der Waals surface area contributed by atoms with Gasteiger partial charge in [-0.05, 0) is 84.5 Å². The van der Waals surface area contributed by atoms with Crippen molar-refractivity contribution in [1.82, 2.24) is 0 Å². The Morgan fingerprint density at radius 1 is 0.964 bits per heavy atom. The van der Waals surface area contributed by atoms with E-state index in [0.29, 0.717) is 35.3 Å². The third-order valence-electron chi connectivity index (χ3n) is 10.4. The molecule has 1 N–H and O–H groups in total. The van der Waals surface area contributed by atoms with Crippen LogP contribution in [0.2, 0.25) is 0 Å². The molecule has 28 heavy (non-hydrogen) atoms. The molecule has 3 fully saturated rings. The van der Waals surface area contributed by atoms with Gasteiger partial charge in [0.2, 0.25) is 0 Å². The van der Waals surface area contributed by atoms with Gasteiger partial charge in [0.15, 0.2) is 0 Å². The van der Waals surface area contributed by atoms with Gasteiger partial charge in [0.05, 0.1) is 0 Å². The number of aliphatic hydroxyl groups is 1. The van der Waals surface area contributed by atoms with Crippen LogP contribution in [0.25, 0.3) is 0 Å².